The van der Waals surface area contributed by atoms with E-state index in [0.717, 1.165) is 22.3 Å². The van der Waals surface area contributed by atoms with Gasteiger partial charge in [-0.25, -0.2) is 4.98 Å². The highest BCUT2D eigenvalue weighted by atomic mass is 15.0. The molecule has 20 heavy (non-hydrogen) atoms. The number of para-hydroxylation sites is 1. The van der Waals surface area contributed by atoms with Gasteiger partial charge in [0.25, 0.3) is 0 Å². The summed E-state index contributed by atoms with van der Waals surface area (Å²) in [4.78, 5) is 8.77. The normalized spacial score (nSPS) is 10.2. The van der Waals surface area contributed by atoms with Crippen molar-refractivity contribution in [2.75, 3.05) is 5.32 Å². The Hall–Kier alpha value is -2.93. The summed E-state index contributed by atoms with van der Waals surface area (Å²) < 4.78 is 0. The van der Waals surface area contributed by atoms with Crippen molar-refractivity contribution in [2.45, 2.75) is 6.92 Å². The van der Waals surface area contributed by atoms with Crippen molar-refractivity contribution in [1.29, 1.82) is 5.26 Å². The highest BCUT2D eigenvalue weighted by Crippen LogP contribution is 2.25. The fourth-order valence-electron chi connectivity index (χ4n) is 2.07. The Morgan fingerprint density at radius 1 is 1.10 bits per heavy atom. The zero-order valence-electron chi connectivity index (χ0n) is 11.0. The molecule has 0 radical (unpaired) electrons. The molecular weight excluding hydrogens is 248 g/mol. The molecule has 0 aliphatic heterocycles. The molecule has 3 aromatic rings. The van der Waals surface area contributed by atoms with Gasteiger partial charge in [-0.3, -0.25) is 4.98 Å². The van der Waals surface area contributed by atoms with Crippen molar-refractivity contribution < 1.29 is 0 Å². The smallest absolute Gasteiger partial charge is 0.148 e. The molecule has 0 fully saturated rings. The Labute approximate surface area is 116 Å². The predicted molar refractivity (Wildman–Crippen MR) is 78.7 cm³/mol. The van der Waals surface area contributed by atoms with Gasteiger partial charge in [0.15, 0.2) is 0 Å². The maximum absolute atomic E-state index is 9.11. The number of aromatic nitrogens is 2. The summed E-state index contributed by atoms with van der Waals surface area (Å²) in [7, 11) is 0. The first-order chi connectivity index (χ1) is 9.78. The molecule has 0 unspecified atom stereocenters. The van der Waals surface area contributed by atoms with E-state index in [0.29, 0.717) is 11.4 Å². The lowest BCUT2D eigenvalue weighted by Gasteiger charge is -2.09. The van der Waals surface area contributed by atoms with Crippen molar-refractivity contribution in [1.82, 2.24) is 9.97 Å². The first kappa shape index (κ1) is 12.1. The standard InChI is InChI=1S/C16H12N4/c1-11-7-8-12-4-2-6-14(15(12)19-11)20-16-13(10-17)5-3-9-18-16/h2-9H,1H3,(H,18,20). The van der Waals surface area contributed by atoms with Crippen LogP contribution in [0.2, 0.25) is 0 Å². The minimum atomic E-state index is 0.511. The van der Waals surface area contributed by atoms with Crippen LogP contribution in [0.15, 0.2) is 48.7 Å². The molecule has 0 atom stereocenters. The van der Waals surface area contributed by atoms with Gasteiger partial charge in [0, 0.05) is 17.3 Å². The molecule has 0 amide bonds. The van der Waals surface area contributed by atoms with Crippen molar-refractivity contribution in [3.63, 3.8) is 0 Å². The van der Waals surface area contributed by atoms with Gasteiger partial charge in [0.2, 0.25) is 0 Å². The quantitative estimate of drug-likeness (QED) is 0.765. The molecule has 2 aromatic heterocycles. The zero-order valence-corrected chi connectivity index (χ0v) is 11.0. The average Bonchev–Trinajstić information content (AvgIpc) is 2.48. The van der Waals surface area contributed by atoms with Crippen LogP contribution in [0.25, 0.3) is 10.9 Å². The second-order valence-electron chi connectivity index (χ2n) is 4.47. The van der Waals surface area contributed by atoms with E-state index in [9.17, 15) is 0 Å². The number of anilines is 2. The van der Waals surface area contributed by atoms with Gasteiger partial charge in [0.1, 0.15) is 11.9 Å². The van der Waals surface area contributed by atoms with E-state index in [4.69, 9.17) is 5.26 Å². The Balaban J connectivity index is 2.11. The highest BCUT2D eigenvalue weighted by Gasteiger charge is 2.06. The summed E-state index contributed by atoms with van der Waals surface area (Å²) in [5.41, 5.74) is 3.19. The van der Waals surface area contributed by atoms with E-state index >= 15 is 0 Å². The zero-order chi connectivity index (χ0) is 13.9. The Morgan fingerprint density at radius 2 is 2.00 bits per heavy atom. The molecule has 4 nitrogen and oxygen atoms in total. The van der Waals surface area contributed by atoms with Crippen LogP contribution in [0.5, 0.6) is 0 Å². The molecule has 3 rings (SSSR count). The van der Waals surface area contributed by atoms with Crippen LogP contribution < -0.4 is 5.32 Å². The minimum absolute atomic E-state index is 0.511. The first-order valence-corrected chi connectivity index (χ1v) is 6.26. The van der Waals surface area contributed by atoms with Crippen LogP contribution in [0, 0.1) is 18.3 Å². The highest BCUT2D eigenvalue weighted by molar-refractivity contribution is 5.92. The molecule has 1 N–H and O–H groups in total. The minimum Gasteiger partial charge on any atom is -0.337 e. The van der Waals surface area contributed by atoms with Gasteiger partial charge in [-0.15, -0.1) is 0 Å². The fourth-order valence-corrected chi connectivity index (χ4v) is 2.07. The molecule has 0 spiro atoms. The molecule has 0 saturated heterocycles. The molecule has 96 valence electrons. The number of benzene rings is 1. The van der Waals surface area contributed by atoms with E-state index < -0.39 is 0 Å². The lowest BCUT2D eigenvalue weighted by atomic mass is 10.1. The number of hydrogen-bond donors (Lipinski definition) is 1. The van der Waals surface area contributed by atoms with Gasteiger partial charge in [-0.05, 0) is 31.2 Å². The Kier molecular flexibility index (Phi) is 3.02. The maximum atomic E-state index is 9.11. The van der Waals surface area contributed by atoms with Gasteiger partial charge < -0.3 is 5.32 Å². The summed E-state index contributed by atoms with van der Waals surface area (Å²) in [6.07, 6.45) is 1.66. The fraction of sp³-hybridized carbons (Fsp3) is 0.0625. The van der Waals surface area contributed by atoms with E-state index in [-0.39, 0.29) is 0 Å². The molecular formula is C16H12N4. The van der Waals surface area contributed by atoms with E-state index in [1.54, 1.807) is 18.3 Å². The number of aryl methyl sites for hydroxylation is 1. The third-order valence-electron chi connectivity index (χ3n) is 3.04. The molecule has 0 aliphatic carbocycles. The number of hydrogen-bond acceptors (Lipinski definition) is 4. The molecule has 0 aliphatic rings. The summed E-state index contributed by atoms with van der Waals surface area (Å²) in [6, 6.07) is 15.5. The summed E-state index contributed by atoms with van der Waals surface area (Å²) in [6.45, 7) is 1.96. The third kappa shape index (κ3) is 2.17. The van der Waals surface area contributed by atoms with Gasteiger partial charge in [-0.2, -0.15) is 5.26 Å². The largest absolute Gasteiger partial charge is 0.337 e. The Bertz CT molecular complexity index is 818. The van der Waals surface area contributed by atoms with Crippen molar-refractivity contribution in [2.24, 2.45) is 0 Å². The van der Waals surface area contributed by atoms with Crippen LogP contribution >= 0.6 is 0 Å². The van der Waals surface area contributed by atoms with Crippen LogP contribution in [0.4, 0.5) is 11.5 Å². The molecule has 2 heterocycles. The van der Waals surface area contributed by atoms with Crippen molar-refractivity contribution in [3.05, 3.63) is 59.9 Å². The van der Waals surface area contributed by atoms with E-state index in [1.807, 2.05) is 37.3 Å². The number of pyridine rings is 2. The first-order valence-electron chi connectivity index (χ1n) is 6.26. The monoisotopic (exact) mass is 260 g/mol. The average molecular weight is 260 g/mol. The number of fused-ring (bicyclic) bond motifs is 1. The van der Waals surface area contributed by atoms with Crippen LogP contribution in [-0.4, -0.2) is 9.97 Å². The summed E-state index contributed by atoms with van der Waals surface area (Å²) in [5.74, 6) is 0.547. The van der Waals surface area contributed by atoms with Crippen molar-refractivity contribution >= 4 is 22.4 Å². The van der Waals surface area contributed by atoms with Gasteiger partial charge in [0.05, 0.1) is 16.8 Å². The van der Waals surface area contributed by atoms with Crippen molar-refractivity contribution in [3.8, 4) is 6.07 Å². The molecule has 4 heteroatoms. The van der Waals surface area contributed by atoms with Gasteiger partial charge >= 0.3 is 0 Å². The van der Waals surface area contributed by atoms with Gasteiger partial charge in [-0.1, -0.05) is 18.2 Å². The van der Waals surface area contributed by atoms with E-state index in [2.05, 4.69) is 21.4 Å². The second-order valence-corrected chi connectivity index (χ2v) is 4.47. The third-order valence-corrected chi connectivity index (χ3v) is 3.04. The van der Waals surface area contributed by atoms with Crippen LogP contribution in [0.3, 0.4) is 0 Å². The lowest BCUT2D eigenvalue weighted by molar-refractivity contribution is 1.25. The number of rotatable bonds is 2. The molecule has 0 saturated carbocycles. The van der Waals surface area contributed by atoms with E-state index in [1.165, 1.54) is 0 Å². The number of nitriles is 1. The topological polar surface area (TPSA) is 61.6 Å². The predicted octanol–water partition coefficient (Wildman–Crippen LogP) is 3.55. The SMILES string of the molecule is Cc1ccc2cccc(Nc3ncccc3C#N)c2n1. The van der Waals surface area contributed by atoms with Crippen LogP contribution in [0.1, 0.15) is 11.3 Å². The summed E-state index contributed by atoms with van der Waals surface area (Å²) in [5, 5.41) is 13.4. The molecule has 1 aromatic carbocycles. The summed E-state index contributed by atoms with van der Waals surface area (Å²) >= 11 is 0. The Morgan fingerprint density at radius 3 is 2.85 bits per heavy atom. The van der Waals surface area contributed by atoms with Crippen LogP contribution in [-0.2, 0) is 0 Å². The number of nitrogens with zero attached hydrogens (tertiary/aromatic N) is 3. The molecule has 0 bridgehead atoms. The maximum Gasteiger partial charge on any atom is 0.148 e. The second kappa shape index (κ2) is 4.98. The lowest BCUT2D eigenvalue weighted by Crippen LogP contribution is -1.98. The number of nitrogens with one attached hydrogen (secondary N) is 1.